The third-order valence-electron chi connectivity index (χ3n) is 3.47. The minimum absolute atomic E-state index is 0.0894. The van der Waals surface area contributed by atoms with Crippen LogP contribution in [0.25, 0.3) is 0 Å². The first kappa shape index (κ1) is 20.3. The van der Waals surface area contributed by atoms with Crippen molar-refractivity contribution in [3.63, 3.8) is 0 Å². The first-order valence-electron chi connectivity index (χ1n) is 7.83. The molecule has 0 amide bonds. The number of hydrogen-bond acceptors (Lipinski definition) is 1. The number of benzene rings is 2. The van der Waals surface area contributed by atoms with Crippen LogP contribution in [-0.4, -0.2) is 35.2 Å². The molecule has 0 radical (unpaired) electrons. The zero-order valence-corrected chi connectivity index (χ0v) is 21.7. The molecule has 0 saturated carbocycles. The summed E-state index contributed by atoms with van der Waals surface area (Å²) in [4.78, 5) is 0. The molecule has 0 bridgehead atoms. The summed E-state index contributed by atoms with van der Waals surface area (Å²) in [5.41, 5.74) is -1.90. The Morgan fingerprint density at radius 2 is 1.58 bits per heavy atom. The molecule has 5 heteroatoms. The van der Waals surface area contributed by atoms with Crippen LogP contribution in [0, 0.1) is 0 Å². The van der Waals surface area contributed by atoms with Gasteiger partial charge in [-0.3, -0.25) is 0 Å². The van der Waals surface area contributed by atoms with Gasteiger partial charge in [-0.25, -0.2) is 0 Å². The summed E-state index contributed by atoms with van der Waals surface area (Å²) in [6, 6.07) is 22.4. The predicted molar refractivity (Wildman–Crippen MR) is 118 cm³/mol. The average molecular weight is 574 g/mol. The molecule has 0 atom stereocenters. The summed E-state index contributed by atoms with van der Waals surface area (Å²) >= 11 is 0.882. The fourth-order valence-corrected chi connectivity index (χ4v) is 28.6. The molecule has 2 rings (SSSR count). The molecule has 0 spiro atoms. The Labute approximate surface area is 174 Å². The molecule has 0 aliphatic rings. The van der Waals surface area contributed by atoms with E-state index in [1.54, 1.807) is 0 Å². The van der Waals surface area contributed by atoms with Gasteiger partial charge >= 0.3 is 177 Å². The van der Waals surface area contributed by atoms with Crippen LogP contribution in [0.3, 0.4) is 0 Å². The first-order chi connectivity index (χ1) is 11.6. The molecular weight excluding hydrogens is 551 g/mol. The molecule has 0 fully saturated rings. The van der Waals surface area contributed by atoms with E-state index in [0.29, 0.717) is 0 Å². The Hall–Kier alpha value is -0.0406. The topological polar surface area (TPSA) is 3.24 Å². The molecule has 0 aliphatic carbocycles. The van der Waals surface area contributed by atoms with Crippen LogP contribution < -0.4 is 31.1 Å². The Kier molecular flexibility index (Phi) is 8.61. The summed E-state index contributed by atoms with van der Waals surface area (Å²) in [6.45, 7) is 6.75. The van der Waals surface area contributed by atoms with Crippen LogP contribution in [0.2, 0.25) is 0 Å². The molecule has 0 N–H and O–H groups in total. The molecule has 126 valence electrons. The van der Waals surface area contributed by atoms with Gasteiger partial charge in [0.1, 0.15) is 0 Å². The first-order valence-corrected chi connectivity index (χ1v) is 17.1. The standard InChI is InChI=1S/C19H21I2NSi.Al.2H/c1-4-5-16-20-17(2)23(21-22-3,18-12-8-6-9-13-18)19-14-10-7-11-15-19;;;/h4-16H,2H2,1,3H3;;;/q-2;+1;;/b5-4-;;;. The van der Waals surface area contributed by atoms with Gasteiger partial charge < -0.3 is 0 Å². The van der Waals surface area contributed by atoms with E-state index in [1.807, 2.05) is 0 Å². The van der Waals surface area contributed by atoms with Gasteiger partial charge in [-0.05, 0) is 0 Å². The fourth-order valence-electron chi connectivity index (χ4n) is 2.47. The monoisotopic (exact) mass is 574 g/mol. The van der Waals surface area contributed by atoms with Gasteiger partial charge in [0.2, 0.25) is 0 Å². The number of rotatable bonds is 7. The second-order valence-electron chi connectivity index (χ2n) is 5.43. The van der Waals surface area contributed by atoms with Gasteiger partial charge in [0.15, 0.2) is 0 Å². The van der Waals surface area contributed by atoms with Gasteiger partial charge in [0.25, 0.3) is 0 Å². The third-order valence-corrected chi connectivity index (χ3v) is 29.0. The SMILES string of the molecule is C=C(I=C/C=C\C)[Si]([I-][N](C)[AlH2])(c1ccccc1)c1ccccc1. The molecule has 2 aromatic carbocycles. The zero-order valence-electron chi connectivity index (χ0n) is 14.4. The molecular formula is C19H23AlI2NSi-. The molecule has 0 heterocycles. The summed E-state index contributed by atoms with van der Waals surface area (Å²) in [5, 5.41) is 3.07. The van der Waals surface area contributed by atoms with E-state index < -0.39 is 5.57 Å². The van der Waals surface area contributed by atoms with Crippen molar-refractivity contribution in [3.8, 4) is 0 Å². The molecule has 0 aliphatic heterocycles. The number of allylic oxidation sites excluding steroid dienone is 2. The van der Waals surface area contributed by atoms with Gasteiger partial charge in [0.05, 0.1) is 0 Å². The molecule has 0 unspecified atom stereocenters. The van der Waals surface area contributed by atoms with E-state index in [2.05, 4.69) is 99.5 Å². The minimum atomic E-state index is -1.90. The van der Waals surface area contributed by atoms with Crippen molar-refractivity contribution < 1.29 is 20.7 Å². The Bertz CT molecular complexity index is 675. The van der Waals surface area contributed by atoms with Crippen LogP contribution in [0.5, 0.6) is 0 Å². The van der Waals surface area contributed by atoms with Crippen molar-refractivity contribution in [3.05, 3.63) is 82.6 Å². The number of hydrogen-bond donors (Lipinski definition) is 0. The van der Waals surface area contributed by atoms with Gasteiger partial charge in [-0.15, -0.1) is 0 Å². The summed E-state index contributed by atoms with van der Waals surface area (Å²) in [7, 11) is 2.29. The second kappa shape index (κ2) is 10.2. The molecule has 1 nitrogen and oxygen atoms in total. The van der Waals surface area contributed by atoms with Crippen molar-refractivity contribution in [1.82, 2.24) is 2.10 Å². The summed E-state index contributed by atoms with van der Waals surface area (Å²) < 4.78 is 6.48. The van der Waals surface area contributed by atoms with Crippen molar-refractivity contribution >= 4 is 57.2 Å². The average Bonchev–Trinajstić information content (AvgIpc) is 2.61. The Balaban J connectivity index is 2.67. The van der Waals surface area contributed by atoms with Crippen molar-refractivity contribution in [1.29, 1.82) is 0 Å². The number of nitrogens with zero attached hydrogens (tertiary/aromatic N) is 1. The van der Waals surface area contributed by atoms with E-state index in [-0.39, 0.29) is 41.4 Å². The normalized spacial score (nSPS) is 12.8. The molecule has 0 aromatic heterocycles. The maximum absolute atomic E-state index is 4.67. The van der Waals surface area contributed by atoms with Crippen molar-refractivity contribution in [2.75, 3.05) is 7.05 Å². The van der Waals surface area contributed by atoms with Crippen molar-refractivity contribution in [2.45, 2.75) is 6.92 Å². The van der Waals surface area contributed by atoms with Gasteiger partial charge in [0, 0.05) is 0 Å². The van der Waals surface area contributed by atoms with Crippen LogP contribution >= 0.6 is 20.7 Å². The third kappa shape index (κ3) is 4.99. The van der Waals surface area contributed by atoms with Crippen LogP contribution in [0.15, 0.2) is 82.6 Å². The number of halogens is 2. The van der Waals surface area contributed by atoms with Crippen molar-refractivity contribution in [2.24, 2.45) is 0 Å². The predicted octanol–water partition coefficient (Wildman–Crippen LogP) is -0.368. The zero-order chi connectivity index (χ0) is 17.4. The van der Waals surface area contributed by atoms with Crippen LogP contribution in [0.1, 0.15) is 6.92 Å². The van der Waals surface area contributed by atoms with Gasteiger partial charge in [-0.1, -0.05) is 0 Å². The molecule has 0 saturated heterocycles. The van der Waals surface area contributed by atoms with E-state index in [9.17, 15) is 0 Å². The van der Waals surface area contributed by atoms with E-state index >= 15 is 0 Å². The Morgan fingerprint density at radius 1 is 1.08 bits per heavy atom. The van der Waals surface area contributed by atoms with Crippen LogP contribution in [0.4, 0.5) is 0 Å². The summed E-state index contributed by atoms with van der Waals surface area (Å²) in [6.07, 6.45) is 4.31. The van der Waals surface area contributed by atoms with Gasteiger partial charge in [-0.2, -0.15) is 0 Å². The fraction of sp³-hybridized carbons (Fsp3) is 0.105. The second-order valence-corrected chi connectivity index (χ2v) is 23.7. The maximum atomic E-state index is 4.67. The molecule has 24 heavy (non-hydrogen) atoms. The summed E-state index contributed by atoms with van der Waals surface area (Å²) in [5.74, 6) is 0. The van der Waals surface area contributed by atoms with E-state index in [4.69, 9.17) is 0 Å². The van der Waals surface area contributed by atoms with E-state index in [0.717, 1.165) is 16.5 Å². The quantitative estimate of drug-likeness (QED) is 0.189. The van der Waals surface area contributed by atoms with E-state index in [1.165, 1.54) is 13.6 Å². The Morgan fingerprint density at radius 3 is 2.00 bits per heavy atom. The molecule has 2 aromatic rings. The van der Waals surface area contributed by atoms with Crippen LogP contribution in [-0.2, 0) is 0 Å².